The van der Waals surface area contributed by atoms with Crippen molar-refractivity contribution in [1.29, 1.82) is 5.26 Å². The first-order valence-corrected chi connectivity index (χ1v) is 6.05. The smallest absolute Gasteiger partial charge is 0.363 e. The minimum Gasteiger partial charge on any atom is -0.498 e. The molecule has 0 bridgehead atoms. The van der Waals surface area contributed by atoms with E-state index in [9.17, 15) is 9.90 Å². The molecule has 0 unspecified atom stereocenters. The van der Waals surface area contributed by atoms with Crippen LogP contribution in [0.2, 0.25) is 0 Å². The quantitative estimate of drug-likeness (QED) is 0.229. The van der Waals surface area contributed by atoms with E-state index in [1.54, 1.807) is 31.2 Å². The zero-order valence-electron chi connectivity index (χ0n) is 10.00. The molecule has 0 amide bonds. The zero-order chi connectivity index (χ0) is 14.3. The Morgan fingerprint density at radius 2 is 2.11 bits per heavy atom. The van der Waals surface area contributed by atoms with Crippen LogP contribution >= 0.6 is 15.9 Å². The predicted molar refractivity (Wildman–Crippen MR) is 70.6 cm³/mol. The average molecular weight is 324 g/mol. The molecular formula is C12H10BrN3O3. The van der Waals surface area contributed by atoms with Gasteiger partial charge in [-0.05, 0) is 31.2 Å². The summed E-state index contributed by atoms with van der Waals surface area (Å²) < 4.78 is 5.53. The summed E-state index contributed by atoms with van der Waals surface area (Å²) >= 11 is 3.26. The van der Waals surface area contributed by atoms with Gasteiger partial charge in [-0.3, -0.25) is 0 Å². The standard InChI is InChI=1S/C12H10BrN3O3/c1-2-19-12(18)11(10(17)7-14)16-15-9-5-3-8(13)4-6-9/h3-6,17H,2H2,1H3/b11-10-,16-15?. The number of nitrogens with zero attached hydrogens (tertiary/aromatic N) is 3. The van der Waals surface area contributed by atoms with E-state index < -0.39 is 17.4 Å². The highest BCUT2D eigenvalue weighted by atomic mass is 79.9. The van der Waals surface area contributed by atoms with Gasteiger partial charge >= 0.3 is 5.97 Å². The van der Waals surface area contributed by atoms with Gasteiger partial charge in [0, 0.05) is 4.47 Å². The number of carbonyl (C=O) groups is 1. The SMILES string of the molecule is CCOC(=O)/C(N=Nc1ccc(Br)cc1)=C(/O)C#N. The van der Waals surface area contributed by atoms with Gasteiger partial charge in [-0.25, -0.2) is 4.79 Å². The summed E-state index contributed by atoms with van der Waals surface area (Å²) in [6.07, 6.45) is 0. The molecule has 1 rings (SSSR count). The number of ether oxygens (including phenoxy) is 1. The summed E-state index contributed by atoms with van der Waals surface area (Å²) in [7, 11) is 0. The summed E-state index contributed by atoms with van der Waals surface area (Å²) in [6, 6.07) is 8.21. The van der Waals surface area contributed by atoms with Crippen molar-refractivity contribution < 1.29 is 14.6 Å². The number of carbonyl (C=O) groups excluding carboxylic acids is 1. The van der Waals surface area contributed by atoms with Gasteiger partial charge in [0.1, 0.15) is 6.07 Å². The van der Waals surface area contributed by atoms with Gasteiger partial charge in [0.15, 0.2) is 0 Å². The van der Waals surface area contributed by atoms with Crippen molar-refractivity contribution in [3.8, 4) is 6.07 Å². The molecule has 0 aliphatic heterocycles. The molecule has 0 aliphatic carbocycles. The average Bonchev–Trinajstić information content (AvgIpc) is 2.41. The van der Waals surface area contributed by atoms with Gasteiger partial charge in [0.05, 0.1) is 12.3 Å². The first-order chi connectivity index (χ1) is 9.08. The van der Waals surface area contributed by atoms with Crippen LogP contribution in [-0.2, 0) is 9.53 Å². The van der Waals surface area contributed by atoms with E-state index in [1.165, 1.54) is 6.07 Å². The van der Waals surface area contributed by atoms with Crippen molar-refractivity contribution in [3.05, 3.63) is 40.2 Å². The summed E-state index contributed by atoms with van der Waals surface area (Å²) in [5.74, 6) is -1.73. The first-order valence-electron chi connectivity index (χ1n) is 5.26. The molecule has 6 nitrogen and oxygen atoms in total. The highest BCUT2D eigenvalue weighted by Crippen LogP contribution is 2.18. The molecular weight excluding hydrogens is 314 g/mol. The lowest BCUT2D eigenvalue weighted by molar-refractivity contribution is -0.138. The van der Waals surface area contributed by atoms with Crippen LogP contribution in [0.15, 0.2) is 50.4 Å². The fourth-order valence-electron chi connectivity index (χ4n) is 1.05. The van der Waals surface area contributed by atoms with Crippen LogP contribution in [0, 0.1) is 11.3 Å². The predicted octanol–water partition coefficient (Wildman–Crippen LogP) is 3.39. The number of hydrogen-bond donors (Lipinski definition) is 1. The van der Waals surface area contributed by atoms with Crippen molar-refractivity contribution in [2.24, 2.45) is 10.2 Å². The topological polar surface area (TPSA) is 95.0 Å². The third kappa shape index (κ3) is 4.52. The summed E-state index contributed by atoms with van der Waals surface area (Å²) in [5.41, 5.74) is -0.0528. The lowest BCUT2D eigenvalue weighted by Gasteiger charge is -2.00. The molecule has 7 heteroatoms. The van der Waals surface area contributed by atoms with E-state index in [0.29, 0.717) is 5.69 Å². The Labute approximate surface area is 118 Å². The molecule has 0 aromatic heterocycles. The van der Waals surface area contributed by atoms with E-state index >= 15 is 0 Å². The fourth-order valence-corrected chi connectivity index (χ4v) is 1.32. The molecule has 0 atom stereocenters. The summed E-state index contributed by atoms with van der Waals surface area (Å²) in [5, 5.41) is 25.2. The number of benzene rings is 1. The second-order valence-electron chi connectivity index (χ2n) is 3.21. The molecule has 98 valence electrons. The van der Waals surface area contributed by atoms with Crippen molar-refractivity contribution in [2.75, 3.05) is 6.61 Å². The molecule has 19 heavy (non-hydrogen) atoms. The second kappa shape index (κ2) is 7.28. The number of esters is 1. The number of allylic oxidation sites excluding steroid dienone is 1. The number of hydrogen-bond acceptors (Lipinski definition) is 6. The van der Waals surface area contributed by atoms with E-state index in [1.807, 2.05) is 0 Å². The molecule has 1 aromatic rings. The minimum absolute atomic E-state index is 0.106. The van der Waals surface area contributed by atoms with Crippen LogP contribution in [0.3, 0.4) is 0 Å². The van der Waals surface area contributed by atoms with Crippen LogP contribution in [-0.4, -0.2) is 17.7 Å². The number of halogens is 1. The largest absolute Gasteiger partial charge is 0.498 e. The maximum atomic E-state index is 11.5. The van der Waals surface area contributed by atoms with E-state index in [0.717, 1.165) is 4.47 Å². The number of aliphatic hydroxyl groups excluding tert-OH is 1. The van der Waals surface area contributed by atoms with Gasteiger partial charge in [-0.2, -0.15) is 10.4 Å². The number of aliphatic hydroxyl groups is 1. The molecule has 0 aliphatic rings. The highest BCUT2D eigenvalue weighted by molar-refractivity contribution is 9.10. The molecule has 0 fully saturated rings. The number of rotatable bonds is 4. The van der Waals surface area contributed by atoms with Crippen molar-refractivity contribution in [2.45, 2.75) is 6.92 Å². The zero-order valence-corrected chi connectivity index (χ0v) is 11.6. The normalized spacial score (nSPS) is 11.8. The lowest BCUT2D eigenvalue weighted by Crippen LogP contribution is -2.08. The van der Waals surface area contributed by atoms with Crippen molar-refractivity contribution >= 4 is 27.6 Å². The van der Waals surface area contributed by atoms with Gasteiger partial charge in [-0.15, -0.1) is 5.11 Å². The van der Waals surface area contributed by atoms with Crippen LogP contribution in [0.4, 0.5) is 5.69 Å². The Hall–Kier alpha value is -2.20. The molecule has 1 aromatic carbocycles. The maximum Gasteiger partial charge on any atom is 0.363 e. The maximum absolute atomic E-state index is 11.5. The Kier molecular flexibility index (Phi) is 5.70. The summed E-state index contributed by atoms with van der Waals surface area (Å²) in [6.45, 7) is 1.71. The molecule has 0 spiro atoms. The second-order valence-corrected chi connectivity index (χ2v) is 4.12. The van der Waals surface area contributed by atoms with E-state index in [2.05, 4.69) is 30.9 Å². The Bertz CT molecular complexity index is 559. The van der Waals surface area contributed by atoms with Gasteiger partial charge in [-0.1, -0.05) is 15.9 Å². The van der Waals surface area contributed by atoms with Gasteiger partial charge < -0.3 is 9.84 Å². The van der Waals surface area contributed by atoms with Crippen LogP contribution < -0.4 is 0 Å². The van der Waals surface area contributed by atoms with E-state index in [-0.39, 0.29) is 6.61 Å². The lowest BCUT2D eigenvalue weighted by atomic mass is 10.3. The monoisotopic (exact) mass is 323 g/mol. The van der Waals surface area contributed by atoms with Crippen LogP contribution in [0.5, 0.6) is 0 Å². The number of nitriles is 1. The van der Waals surface area contributed by atoms with Crippen molar-refractivity contribution in [1.82, 2.24) is 0 Å². The molecule has 1 N–H and O–H groups in total. The minimum atomic E-state index is -0.901. The molecule has 0 saturated heterocycles. The van der Waals surface area contributed by atoms with Gasteiger partial charge in [0.25, 0.3) is 0 Å². The third-order valence-corrected chi connectivity index (χ3v) is 2.42. The Balaban J connectivity index is 3.00. The summed E-state index contributed by atoms with van der Waals surface area (Å²) in [4.78, 5) is 11.5. The molecule has 0 heterocycles. The van der Waals surface area contributed by atoms with Crippen molar-refractivity contribution in [3.63, 3.8) is 0 Å². The van der Waals surface area contributed by atoms with E-state index in [4.69, 9.17) is 5.26 Å². The first kappa shape index (κ1) is 14.9. The fraction of sp³-hybridized carbons (Fsp3) is 0.167. The Morgan fingerprint density at radius 3 is 2.63 bits per heavy atom. The van der Waals surface area contributed by atoms with Crippen LogP contribution in [0.1, 0.15) is 6.92 Å². The van der Waals surface area contributed by atoms with Crippen LogP contribution in [0.25, 0.3) is 0 Å². The van der Waals surface area contributed by atoms with Gasteiger partial charge in [0.2, 0.25) is 11.5 Å². The number of azo groups is 1. The molecule has 0 saturated carbocycles. The Morgan fingerprint density at radius 1 is 1.47 bits per heavy atom. The third-order valence-electron chi connectivity index (χ3n) is 1.89. The highest BCUT2D eigenvalue weighted by Gasteiger charge is 2.16. The molecule has 0 radical (unpaired) electrons.